The summed E-state index contributed by atoms with van der Waals surface area (Å²) in [7, 11) is 0. The van der Waals surface area contributed by atoms with Crippen LogP contribution in [-0.4, -0.2) is 10.8 Å². The zero-order valence-electron chi connectivity index (χ0n) is 14.9. The van der Waals surface area contributed by atoms with Gasteiger partial charge in [0, 0.05) is 26.1 Å². The highest BCUT2D eigenvalue weighted by Gasteiger charge is 2.18. The van der Waals surface area contributed by atoms with Crippen LogP contribution in [0.1, 0.15) is 21.9 Å². The van der Waals surface area contributed by atoms with Crippen LogP contribution in [0, 0.1) is 17.0 Å². The molecule has 29 heavy (non-hydrogen) atoms. The zero-order valence-corrected chi connectivity index (χ0v) is 18.8. The molecule has 0 saturated carbocycles. The van der Waals surface area contributed by atoms with Crippen molar-refractivity contribution in [2.24, 2.45) is 0 Å². The maximum Gasteiger partial charge on any atom is 0.291 e. The summed E-state index contributed by atoms with van der Waals surface area (Å²) in [6.45, 7) is 2.01. The Morgan fingerprint density at radius 3 is 2.52 bits per heavy atom. The summed E-state index contributed by atoms with van der Waals surface area (Å²) >= 11 is 12.4. The molecule has 0 aliphatic carbocycles. The molecule has 0 unspecified atom stereocenters. The summed E-state index contributed by atoms with van der Waals surface area (Å²) < 4.78 is 11.9. The molecule has 1 amide bonds. The normalized spacial score (nSPS) is 10.6. The number of benzene rings is 2. The standard InChI is InChI=1S/C19H13Br2ClN2O5/c1-10-6-12(2-4-16(10)22)28-9-13-3-5-17(29-13)19(25)23-18-14(20)7-11(24(26)27)8-15(18)21/h2-8H,9H2,1H3,(H,23,25). The second-order valence-electron chi connectivity index (χ2n) is 5.96. The Bertz CT molecular complexity index is 1080. The predicted molar refractivity (Wildman–Crippen MR) is 116 cm³/mol. The maximum atomic E-state index is 12.5. The zero-order chi connectivity index (χ0) is 21.1. The number of carbonyl (C=O) groups excluding carboxylic acids is 1. The van der Waals surface area contributed by atoms with Crippen molar-refractivity contribution in [3.8, 4) is 5.75 Å². The minimum absolute atomic E-state index is 0.0769. The molecule has 0 spiro atoms. The van der Waals surface area contributed by atoms with Gasteiger partial charge in [0.2, 0.25) is 0 Å². The first kappa shape index (κ1) is 21.4. The Kier molecular flexibility index (Phi) is 6.61. The SMILES string of the molecule is Cc1cc(OCc2ccc(C(=O)Nc3c(Br)cc([N+](=O)[O-])cc3Br)o2)ccc1Cl. The molecule has 3 rings (SSSR count). The fraction of sp³-hybridized carbons (Fsp3) is 0.105. The third-order valence-electron chi connectivity index (χ3n) is 3.87. The number of anilines is 1. The summed E-state index contributed by atoms with van der Waals surface area (Å²) in [4.78, 5) is 22.9. The van der Waals surface area contributed by atoms with Crippen LogP contribution in [0.5, 0.6) is 5.75 Å². The number of nitro benzene ring substituents is 1. The van der Waals surface area contributed by atoms with Crippen LogP contribution >= 0.6 is 43.5 Å². The minimum atomic E-state index is -0.526. The first-order valence-electron chi connectivity index (χ1n) is 8.17. The van der Waals surface area contributed by atoms with Gasteiger partial charge in [-0.1, -0.05) is 11.6 Å². The minimum Gasteiger partial charge on any atom is -0.486 e. The Labute approximate surface area is 187 Å². The molecule has 0 bridgehead atoms. The summed E-state index contributed by atoms with van der Waals surface area (Å²) in [5.74, 6) is 0.666. The van der Waals surface area contributed by atoms with Crippen molar-refractivity contribution in [1.82, 2.24) is 0 Å². The predicted octanol–water partition coefficient (Wildman–Crippen LogP) is 6.51. The molecule has 0 saturated heterocycles. The number of amides is 1. The van der Waals surface area contributed by atoms with Gasteiger partial charge in [-0.05, 0) is 74.7 Å². The number of carbonyl (C=O) groups is 1. The lowest BCUT2D eigenvalue weighted by atomic mass is 10.2. The average Bonchev–Trinajstić information content (AvgIpc) is 3.14. The van der Waals surface area contributed by atoms with Crippen molar-refractivity contribution in [2.45, 2.75) is 13.5 Å². The Balaban J connectivity index is 1.68. The average molecular weight is 545 g/mol. The number of halogens is 3. The highest BCUT2D eigenvalue weighted by Crippen LogP contribution is 2.35. The van der Waals surface area contributed by atoms with E-state index >= 15 is 0 Å². The highest BCUT2D eigenvalue weighted by atomic mass is 79.9. The molecule has 1 aromatic heterocycles. The fourth-order valence-electron chi connectivity index (χ4n) is 2.40. The Hall–Kier alpha value is -2.36. The van der Waals surface area contributed by atoms with E-state index < -0.39 is 10.8 Å². The summed E-state index contributed by atoms with van der Waals surface area (Å²) in [5.41, 5.74) is 1.13. The molecule has 150 valence electrons. The van der Waals surface area contributed by atoms with Gasteiger partial charge in [-0.2, -0.15) is 0 Å². The third-order valence-corrected chi connectivity index (χ3v) is 5.55. The van der Waals surface area contributed by atoms with Crippen molar-refractivity contribution in [3.05, 3.63) is 83.6 Å². The fourth-order valence-corrected chi connectivity index (χ4v) is 3.88. The topological polar surface area (TPSA) is 94.6 Å². The molecule has 10 heteroatoms. The van der Waals surface area contributed by atoms with Crippen LogP contribution in [0.4, 0.5) is 11.4 Å². The maximum absolute atomic E-state index is 12.5. The number of non-ortho nitro benzene ring substituents is 1. The molecule has 0 atom stereocenters. The molecular formula is C19H13Br2ClN2O5. The number of hydrogen-bond acceptors (Lipinski definition) is 5. The van der Waals surface area contributed by atoms with Gasteiger partial charge in [-0.25, -0.2) is 0 Å². The Morgan fingerprint density at radius 2 is 1.90 bits per heavy atom. The molecular weight excluding hydrogens is 531 g/mol. The molecule has 0 fully saturated rings. The first-order chi connectivity index (χ1) is 13.7. The lowest BCUT2D eigenvalue weighted by molar-refractivity contribution is -0.385. The van der Waals surface area contributed by atoms with Crippen LogP contribution in [0.3, 0.4) is 0 Å². The van der Waals surface area contributed by atoms with Gasteiger partial charge >= 0.3 is 0 Å². The van der Waals surface area contributed by atoms with Gasteiger partial charge in [0.15, 0.2) is 5.76 Å². The van der Waals surface area contributed by atoms with Gasteiger partial charge in [0.1, 0.15) is 18.1 Å². The molecule has 2 aromatic carbocycles. The van der Waals surface area contributed by atoms with E-state index in [9.17, 15) is 14.9 Å². The van der Waals surface area contributed by atoms with E-state index in [2.05, 4.69) is 37.2 Å². The van der Waals surface area contributed by atoms with Gasteiger partial charge in [0.05, 0.1) is 10.6 Å². The van der Waals surface area contributed by atoms with Crippen molar-refractivity contribution < 1.29 is 18.9 Å². The van der Waals surface area contributed by atoms with Gasteiger partial charge < -0.3 is 14.5 Å². The van der Waals surface area contributed by atoms with E-state index in [1.807, 2.05) is 13.0 Å². The van der Waals surface area contributed by atoms with Crippen molar-refractivity contribution in [3.63, 3.8) is 0 Å². The van der Waals surface area contributed by atoms with Gasteiger partial charge in [-0.3, -0.25) is 14.9 Å². The van der Waals surface area contributed by atoms with E-state index in [1.165, 1.54) is 18.2 Å². The van der Waals surface area contributed by atoms with Crippen molar-refractivity contribution in [2.75, 3.05) is 5.32 Å². The second kappa shape index (κ2) is 8.98. The molecule has 1 N–H and O–H groups in total. The quantitative estimate of drug-likeness (QED) is 0.282. The van der Waals surface area contributed by atoms with E-state index in [0.717, 1.165) is 5.56 Å². The summed E-state index contributed by atoms with van der Waals surface area (Å²) in [6.07, 6.45) is 0. The number of ether oxygens (including phenoxy) is 1. The number of nitrogens with one attached hydrogen (secondary N) is 1. The van der Waals surface area contributed by atoms with Crippen LogP contribution in [0.15, 0.2) is 55.8 Å². The number of furan rings is 1. The molecule has 1 heterocycles. The summed E-state index contributed by atoms with van der Waals surface area (Å²) in [5, 5.41) is 14.2. The van der Waals surface area contributed by atoms with E-state index in [1.54, 1.807) is 18.2 Å². The monoisotopic (exact) mass is 542 g/mol. The first-order valence-corrected chi connectivity index (χ1v) is 10.1. The number of nitrogens with zero attached hydrogens (tertiary/aromatic N) is 1. The molecule has 0 radical (unpaired) electrons. The molecule has 7 nitrogen and oxygen atoms in total. The highest BCUT2D eigenvalue weighted by molar-refractivity contribution is 9.11. The molecule has 0 aliphatic rings. The number of nitro groups is 1. The lowest BCUT2D eigenvalue weighted by Gasteiger charge is -2.09. The molecule has 3 aromatic rings. The van der Waals surface area contributed by atoms with Crippen LogP contribution in [0.2, 0.25) is 5.02 Å². The van der Waals surface area contributed by atoms with Crippen LogP contribution in [0.25, 0.3) is 0 Å². The van der Waals surface area contributed by atoms with E-state index in [0.29, 0.717) is 31.2 Å². The van der Waals surface area contributed by atoms with E-state index in [-0.39, 0.29) is 18.1 Å². The van der Waals surface area contributed by atoms with Crippen molar-refractivity contribution in [1.29, 1.82) is 0 Å². The Morgan fingerprint density at radius 1 is 1.21 bits per heavy atom. The second-order valence-corrected chi connectivity index (χ2v) is 8.08. The number of hydrogen-bond donors (Lipinski definition) is 1. The number of aryl methyl sites for hydroxylation is 1. The smallest absolute Gasteiger partial charge is 0.291 e. The van der Waals surface area contributed by atoms with Crippen LogP contribution in [-0.2, 0) is 6.61 Å². The summed E-state index contributed by atoms with van der Waals surface area (Å²) in [6, 6.07) is 11.1. The lowest BCUT2D eigenvalue weighted by Crippen LogP contribution is -2.12. The number of rotatable bonds is 6. The van der Waals surface area contributed by atoms with E-state index in [4.69, 9.17) is 20.8 Å². The van der Waals surface area contributed by atoms with Crippen LogP contribution < -0.4 is 10.1 Å². The van der Waals surface area contributed by atoms with Crippen molar-refractivity contribution >= 4 is 60.7 Å². The van der Waals surface area contributed by atoms with Gasteiger partial charge in [0.25, 0.3) is 11.6 Å². The third kappa shape index (κ3) is 5.17. The van der Waals surface area contributed by atoms with Gasteiger partial charge in [-0.15, -0.1) is 0 Å². The molecule has 0 aliphatic heterocycles. The largest absolute Gasteiger partial charge is 0.486 e.